The number of rotatable bonds is 4. The van der Waals surface area contributed by atoms with Crippen LogP contribution in [0.5, 0.6) is 0 Å². The van der Waals surface area contributed by atoms with Crippen molar-refractivity contribution < 1.29 is 4.79 Å². The lowest BCUT2D eigenvalue weighted by atomic mass is 10.0. The molecule has 1 aliphatic rings. The van der Waals surface area contributed by atoms with Crippen molar-refractivity contribution in [3.63, 3.8) is 0 Å². The van der Waals surface area contributed by atoms with Gasteiger partial charge in [-0.05, 0) is 29.7 Å². The Labute approximate surface area is 144 Å². The molecule has 1 amide bonds. The molecule has 2 aromatic carbocycles. The van der Waals surface area contributed by atoms with Gasteiger partial charge in [-0.2, -0.15) is 0 Å². The van der Waals surface area contributed by atoms with E-state index >= 15 is 0 Å². The molecule has 0 N–H and O–H groups in total. The van der Waals surface area contributed by atoms with E-state index in [1.54, 1.807) is 0 Å². The standard InChI is InChI=1S/C21H26N2O/c1-3-17-10-12-19(13-11-17)22-14-15-23(21(24)4-2)20(16-22)18-8-6-5-7-9-18/h5-13,20H,3-4,14-16H2,1-2H3. The molecular weight excluding hydrogens is 296 g/mol. The van der Waals surface area contributed by atoms with Crippen LogP contribution in [0.15, 0.2) is 54.6 Å². The van der Waals surface area contributed by atoms with Crippen LogP contribution in [0.1, 0.15) is 37.4 Å². The Kier molecular flexibility index (Phi) is 5.19. The van der Waals surface area contributed by atoms with Crippen LogP contribution in [0.4, 0.5) is 5.69 Å². The van der Waals surface area contributed by atoms with Crippen molar-refractivity contribution in [3.05, 3.63) is 65.7 Å². The molecule has 126 valence electrons. The summed E-state index contributed by atoms with van der Waals surface area (Å²) in [5.74, 6) is 0.241. The lowest BCUT2D eigenvalue weighted by Gasteiger charge is -2.42. The van der Waals surface area contributed by atoms with Gasteiger partial charge in [0.25, 0.3) is 0 Å². The van der Waals surface area contributed by atoms with Gasteiger partial charge in [-0.15, -0.1) is 0 Å². The molecule has 3 rings (SSSR count). The van der Waals surface area contributed by atoms with Crippen LogP contribution in [0.2, 0.25) is 0 Å². The quantitative estimate of drug-likeness (QED) is 0.848. The normalized spacial score (nSPS) is 17.8. The van der Waals surface area contributed by atoms with Crippen molar-refractivity contribution >= 4 is 11.6 Å². The number of piperazine rings is 1. The van der Waals surface area contributed by atoms with E-state index in [-0.39, 0.29) is 11.9 Å². The zero-order valence-corrected chi connectivity index (χ0v) is 14.6. The second-order valence-corrected chi connectivity index (χ2v) is 6.33. The van der Waals surface area contributed by atoms with Gasteiger partial charge in [0.15, 0.2) is 0 Å². The molecule has 2 aromatic rings. The molecular formula is C21H26N2O. The summed E-state index contributed by atoms with van der Waals surface area (Å²) in [4.78, 5) is 16.8. The number of amides is 1. The Hall–Kier alpha value is -2.29. The van der Waals surface area contributed by atoms with E-state index in [1.807, 2.05) is 17.9 Å². The van der Waals surface area contributed by atoms with Crippen molar-refractivity contribution in [1.29, 1.82) is 0 Å². The first kappa shape index (κ1) is 16.6. The summed E-state index contributed by atoms with van der Waals surface area (Å²) in [7, 11) is 0. The van der Waals surface area contributed by atoms with Gasteiger partial charge in [-0.1, -0.05) is 56.3 Å². The molecule has 1 aliphatic heterocycles. The van der Waals surface area contributed by atoms with Gasteiger partial charge in [-0.3, -0.25) is 4.79 Å². The third-order valence-electron chi connectivity index (χ3n) is 4.90. The predicted octanol–water partition coefficient (Wildman–Crippen LogP) is 4.05. The molecule has 3 heteroatoms. The molecule has 0 bridgehead atoms. The van der Waals surface area contributed by atoms with Gasteiger partial charge >= 0.3 is 0 Å². The number of hydrogen-bond acceptors (Lipinski definition) is 2. The van der Waals surface area contributed by atoms with Gasteiger partial charge in [0.05, 0.1) is 6.04 Å². The van der Waals surface area contributed by atoms with Crippen molar-refractivity contribution in [3.8, 4) is 0 Å². The lowest BCUT2D eigenvalue weighted by Crippen LogP contribution is -2.50. The van der Waals surface area contributed by atoms with E-state index in [4.69, 9.17) is 0 Å². The number of aryl methyl sites for hydroxylation is 1. The zero-order chi connectivity index (χ0) is 16.9. The van der Waals surface area contributed by atoms with Gasteiger partial charge in [0.1, 0.15) is 0 Å². The third kappa shape index (κ3) is 3.45. The van der Waals surface area contributed by atoms with Gasteiger partial charge in [0.2, 0.25) is 5.91 Å². The molecule has 0 aromatic heterocycles. The Morgan fingerprint density at radius 3 is 2.33 bits per heavy atom. The largest absolute Gasteiger partial charge is 0.367 e. The highest BCUT2D eigenvalue weighted by Crippen LogP contribution is 2.29. The summed E-state index contributed by atoms with van der Waals surface area (Å²) in [6.07, 6.45) is 1.63. The summed E-state index contributed by atoms with van der Waals surface area (Å²) in [6, 6.07) is 19.3. The maximum absolute atomic E-state index is 12.4. The van der Waals surface area contributed by atoms with Gasteiger partial charge < -0.3 is 9.80 Å². The molecule has 1 saturated heterocycles. The Morgan fingerprint density at radius 1 is 1.00 bits per heavy atom. The molecule has 1 heterocycles. The summed E-state index contributed by atoms with van der Waals surface area (Å²) in [5.41, 5.74) is 3.82. The Morgan fingerprint density at radius 2 is 1.71 bits per heavy atom. The van der Waals surface area contributed by atoms with Gasteiger partial charge in [-0.25, -0.2) is 0 Å². The molecule has 0 aliphatic carbocycles. The summed E-state index contributed by atoms with van der Waals surface area (Å²) < 4.78 is 0. The number of hydrogen-bond donors (Lipinski definition) is 0. The topological polar surface area (TPSA) is 23.6 Å². The number of nitrogens with zero attached hydrogens (tertiary/aromatic N) is 2. The first-order chi connectivity index (χ1) is 11.7. The Balaban J connectivity index is 1.84. The molecule has 0 radical (unpaired) electrons. The van der Waals surface area contributed by atoms with E-state index in [2.05, 4.69) is 60.4 Å². The monoisotopic (exact) mass is 322 g/mol. The highest BCUT2D eigenvalue weighted by molar-refractivity contribution is 5.77. The van der Waals surface area contributed by atoms with E-state index < -0.39 is 0 Å². The molecule has 24 heavy (non-hydrogen) atoms. The fraction of sp³-hybridized carbons (Fsp3) is 0.381. The second kappa shape index (κ2) is 7.52. The van der Waals surface area contributed by atoms with Crippen LogP contribution in [0.25, 0.3) is 0 Å². The predicted molar refractivity (Wildman–Crippen MR) is 99.2 cm³/mol. The Bertz CT molecular complexity index is 666. The minimum absolute atomic E-state index is 0.123. The molecule has 1 unspecified atom stereocenters. The maximum Gasteiger partial charge on any atom is 0.222 e. The van der Waals surface area contributed by atoms with Gasteiger partial charge in [0, 0.05) is 31.7 Å². The first-order valence-electron chi connectivity index (χ1n) is 8.91. The van der Waals surface area contributed by atoms with Crippen molar-refractivity contribution in [2.75, 3.05) is 24.5 Å². The minimum atomic E-state index is 0.123. The summed E-state index contributed by atoms with van der Waals surface area (Å²) in [5, 5.41) is 0. The van der Waals surface area contributed by atoms with Crippen LogP contribution < -0.4 is 4.90 Å². The molecule has 1 atom stereocenters. The highest BCUT2D eigenvalue weighted by atomic mass is 16.2. The fourth-order valence-corrected chi connectivity index (χ4v) is 3.42. The van der Waals surface area contributed by atoms with Crippen molar-refractivity contribution in [2.45, 2.75) is 32.7 Å². The van der Waals surface area contributed by atoms with E-state index in [9.17, 15) is 4.79 Å². The smallest absolute Gasteiger partial charge is 0.222 e. The lowest BCUT2D eigenvalue weighted by molar-refractivity contribution is -0.133. The highest BCUT2D eigenvalue weighted by Gasteiger charge is 2.30. The van der Waals surface area contributed by atoms with Crippen LogP contribution in [-0.2, 0) is 11.2 Å². The number of benzene rings is 2. The molecule has 0 spiro atoms. The van der Waals surface area contributed by atoms with Crippen molar-refractivity contribution in [1.82, 2.24) is 4.90 Å². The molecule has 3 nitrogen and oxygen atoms in total. The SMILES string of the molecule is CCC(=O)N1CCN(c2ccc(CC)cc2)CC1c1ccccc1. The molecule has 0 saturated carbocycles. The van der Waals surface area contributed by atoms with E-state index in [0.29, 0.717) is 6.42 Å². The van der Waals surface area contributed by atoms with Crippen LogP contribution in [-0.4, -0.2) is 30.4 Å². The number of carbonyl (C=O) groups excluding carboxylic acids is 1. The average molecular weight is 322 g/mol. The van der Waals surface area contributed by atoms with Crippen LogP contribution in [0, 0.1) is 0 Å². The van der Waals surface area contributed by atoms with E-state index in [0.717, 1.165) is 26.1 Å². The molecule has 1 fully saturated rings. The minimum Gasteiger partial charge on any atom is -0.367 e. The summed E-state index contributed by atoms with van der Waals surface area (Å²) in [6.45, 7) is 6.64. The second-order valence-electron chi connectivity index (χ2n) is 6.33. The maximum atomic E-state index is 12.4. The number of carbonyl (C=O) groups is 1. The average Bonchev–Trinajstić information content (AvgIpc) is 2.67. The zero-order valence-electron chi connectivity index (χ0n) is 14.6. The van der Waals surface area contributed by atoms with Crippen LogP contribution >= 0.6 is 0 Å². The number of anilines is 1. The fourth-order valence-electron chi connectivity index (χ4n) is 3.42. The van der Waals surface area contributed by atoms with E-state index in [1.165, 1.54) is 16.8 Å². The van der Waals surface area contributed by atoms with Crippen molar-refractivity contribution in [2.24, 2.45) is 0 Å². The van der Waals surface area contributed by atoms with Crippen LogP contribution in [0.3, 0.4) is 0 Å². The summed E-state index contributed by atoms with van der Waals surface area (Å²) >= 11 is 0. The third-order valence-corrected chi connectivity index (χ3v) is 4.90. The first-order valence-corrected chi connectivity index (χ1v) is 8.91.